The van der Waals surface area contributed by atoms with E-state index in [0.717, 1.165) is 21.5 Å². The number of hydrogen-bond donors (Lipinski definition) is 1. The van der Waals surface area contributed by atoms with Crippen molar-refractivity contribution in [3.63, 3.8) is 0 Å². The fourth-order valence-corrected chi connectivity index (χ4v) is 2.05. The lowest BCUT2D eigenvalue weighted by molar-refractivity contribution is -0.114. The van der Waals surface area contributed by atoms with E-state index in [-0.39, 0.29) is 5.91 Å². The van der Waals surface area contributed by atoms with Gasteiger partial charge in [0.1, 0.15) is 0 Å². The minimum absolute atomic E-state index is 0.0785. The number of fused-ring (bicyclic) bond motifs is 1. The summed E-state index contributed by atoms with van der Waals surface area (Å²) < 4.78 is 0. The summed E-state index contributed by atoms with van der Waals surface area (Å²) in [5, 5.41) is 3.85. The zero-order valence-corrected chi connectivity index (χ0v) is 9.97. The molecule has 0 saturated carbocycles. The molecule has 1 heterocycles. The number of carbonyl (C=O) groups excluding carboxylic acids is 1. The van der Waals surface area contributed by atoms with Crippen molar-refractivity contribution in [2.24, 2.45) is 0 Å². The molecule has 2 aromatic rings. The Kier molecular flexibility index (Phi) is 3.10. The highest BCUT2D eigenvalue weighted by Crippen LogP contribution is 2.27. The highest BCUT2D eigenvalue weighted by Gasteiger charge is 2.05. The highest BCUT2D eigenvalue weighted by atomic mass is 32.2. The maximum Gasteiger partial charge on any atom is 0.221 e. The largest absolute Gasteiger partial charge is 0.324 e. The molecular weight excluding hydrogens is 220 g/mol. The van der Waals surface area contributed by atoms with Crippen molar-refractivity contribution in [2.75, 3.05) is 11.6 Å². The number of hydrogen-bond acceptors (Lipinski definition) is 3. The number of pyridine rings is 1. The summed E-state index contributed by atoms with van der Waals surface area (Å²) in [6, 6.07) is 7.90. The lowest BCUT2D eigenvalue weighted by Crippen LogP contribution is -2.06. The molecule has 0 fully saturated rings. The van der Waals surface area contributed by atoms with Crippen molar-refractivity contribution in [1.82, 2.24) is 4.98 Å². The van der Waals surface area contributed by atoms with Gasteiger partial charge in [0.15, 0.2) is 0 Å². The van der Waals surface area contributed by atoms with Gasteiger partial charge in [-0.15, -0.1) is 11.8 Å². The molecule has 4 heteroatoms. The van der Waals surface area contributed by atoms with Gasteiger partial charge in [0.25, 0.3) is 0 Å². The zero-order chi connectivity index (χ0) is 11.5. The monoisotopic (exact) mass is 232 g/mol. The Morgan fingerprint density at radius 2 is 2.25 bits per heavy atom. The Morgan fingerprint density at radius 3 is 2.94 bits per heavy atom. The first-order chi connectivity index (χ1) is 7.70. The van der Waals surface area contributed by atoms with Crippen molar-refractivity contribution < 1.29 is 4.79 Å². The maximum atomic E-state index is 11.1. The third kappa shape index (κ3) is 2.17. The number of amides is 1. The molecule has 16 heavy (non-hydrogen) atoms. The van der Waals surface area contributed by atoms with Crippen molar-refractivity contribution in [1.29, 1.82) is 0 Å². The number of aromatic nitrogens is 1. The first kappa shape index (κ1) is 11.0. The molecule has 0 saturated heterocycles. The van der Waals surface area contributed by atoms with Crippen LogP contribution in [0.15, 0.2) is 35.4 Å². The normalized spacial score (nSPS) is 10.4. The third-order valence-electron chi connectivity index (χ3n) is 2.22. The number of carbonyl (C=O) groups is 1. The second-order valence-corrected chi connectivity index (χ2v) is 4.31. The van der Waals surface area contributed by atoms with E-state index in [1.165, 1.54) is 6.92 Å². The molecule has 0 spiro atoms. The van der Waals surface area contributed by atoms with Crippen molar-refractivity contribution in [2.45, 2.75) is 11.8 Å². The summed E-state index contributed by atoms with van der Waals surface area (Å²) in [5.41, 5.74) is 1.60. The van der Waals surface area contributed by atoms with E-state index in [9.17, 15) is 4.79 Å². The van der Waals surface area contributed by atoms with Crippen LogP contribution in [0.5, 0.6) is 0 Å². The lowest BCUT2D eigenvalue weighted by Gasteiger charge is -2.08. The third-order valence-corrected chi connectivity index (χ3v) is 2.93. The quantitative estimate of drug-likeness (QED) is 0.809. The molecule has 0 bridgehead atoms. The van der Waals surface area contributed by atoms with E-state index >= 15 is 0 Å². The molecule has 82 valence electrons. The minimum atomic E-state index is -0.0785. The van der Waals surface area contributed by atoms with Crippen molar-refractivity contribution >= 4 is 34.3 Å². The molecule has 0 aliphatic heterocycles. The van der Waals surface area contributed by atoms with Gasteiger partial charge in [0.2, 0.25) is 5.91 Å². The summed E-state index contributed by atoms with van der Waals surface area (Å²) in [4.78, 5) is 16.5. The van der Waals surface area contributed by atoms with E-state index in [0.29, 0.717) is 0 Å². The van der Waals surface area contributed by atoms with Crippen LogP contribution in [0.25, 0.3) is 10.9 Å². The van der Waals surface area contributed by atoms with Crippen molar-refractivity contribution in [3.05, 3.63) is 30.5 Å². The van der Waals surface area contributed by atoms with Crippen LogP contribution in [0.1, 0.15) is 6.92 Å². The molecule has 0 aliphatic carbocycles. The van der Waals surface area contributed by atoms with E-state index in [4.69, 9.17) is 0 Å². The standard InChI is InChI=1S/C12H12N2OS/c1-8(15)14-11-7-10(16-2)6-9-4-3-5-13-12(9)11/h3-7H,1-2H3,(H,14,15). The van der Waals surface area contributed by atoms with Gasteiger partial charge >= 0.3 is 0 Å². The molecule has 0 radical (unpaired) electrons. The topological polar surface area (TPSA) is 42.0 Å². The first-order valence-corrected chi connectivity index (χ1v) is 6.13. The average Bonchev–Trinajstić information content (AvgIpc) is 2.28. The van der Waals surface area contributed by atoms with E-state index in [1.54, 1.807) is 18.0 Å². The Bertz CT molecular complexity index is 540. The van der Waals surface area contributed by atoms with E-state index in [1.807, 2.05) is 24.5 Å². The molecule has 1 aromatic heterocycles. The van der Waals surface area contributed by atoms with Gasteiger partial charge in [-0.2, -0.15) is 0 Å². The SMILES string of the molecule is CSc1cc(NC(C)=O)c2ncccc2c1. The van der Waals surface area contributed by atoms with Crippen LogP contribution in [-0.2, 0) is 4.79 Å². The van der Waals surface area contributed by atoms with Crippen LogP contribution in [-0.4, -0.2) is 17.1 Å². The molecule has 1 aromatic carbocycles. The fourth-order valence-electron chi connectivity index (χ4n) is 1.57. The van der Waals surface area contributed by atoms with Crippen LogP contribution in [0, 0.1) is 0 Å². The van der Waals surface area contributed by atoms with E-state index in [2.05, 4.69) is 16.4 Å². The van der Waals surface area contributed by atoms with Crippen LogP contribution in [0.3, 0.4) is 0 Å². The van der Waals surface area contributed by atoms with Gasteiger partial charge in [-0.1, -0.05) is 6.07 Å². The smallest absolute Gasteiger partial charge is 0.221 e. The number of thioether (sulfide) groups is 1. The molecule has 0 aliphatic rings. The Labute approximate surface area is 98.3 Å². The Hall–Kier alpha value is -1.55. The van der Waals surface area contributed by atoms with Gasteiger partial charge < -0.3 is 5.32 Å². The molecule has 1 N–H and O–H groups in total. The summed E-state index contributed by atoms with van der Waals surface area (Å²) in [7, 11) is 0. The molecular formula is C12H12N2OS. The lowest BCUT2D eigenvalue weighted by atomic mass is 10.2. The second kappa shape index (κ2) is 4.53. The molecule has 0 atom stereocenters. The van der Waals surface area contributed by atoms with Crippen LogP contribution in [0.2, 0.25) is 0 Å². The van der Waals surface area contributed by atoms with Crippen LogP contribution in [0.4, 0.5) is 5.69 Å². The van der Waals surface area contributed by atoms with Crippen LogP contribution < -0.4 is 5.32 Å². The summed E-state index contributed by atoms with van der Waals surface area (Å²) >= 11 is 1.65. The number of nitrogens with one attached hydrogen (secondary N) is 1. The molecule has 2 rings (SSSR count). The summed E-state index contributed by atoms with van der Waals surface area (Å²) in [6.45, 7) is 1.50. The maximum absolute atomic E-state index is 11.1. The first-order valence-electron chi connectivity index (χ1n) is 4.91. The summed E-state index contributed by atoms with van der Waals surface area (Å²) in [5.74, 6) is -0.0785. The molecule has 1 amide bonds. The predicted molar refractivity (Wildman–Crippen MR) is 67.8 cm³/mol. The van der Waals surface area contributed by atoms with Crippen LogP contribution >= 0.6 is 11.8 Å². The molecule has 0 unspecified atom stereocenters. The fraction of sp³-hybridized carbons (Fsp3) is 0.167. The molecule has 3 nitrogen and oxygen atoms in total. The van der Waals surface area contributed by atoms with Crippen molar-refractivity contribution in [3.8, 4) is 0 Å². The second-order valence-electron chi connectivity index (χ2n) is 3.43. The van der Waals surface area contributed by atoms with Gasteiger partial charge in [-0.3, -0.25) is 9.78 Å². The number of rotatable bonds is 2. The summed E-state index contributed by atoms with van der Waals surface area (Å²) in [6.07, 6.45) is 3.74. The van der Waals surface area contributed by atoms with Gasteiger partial charge in [0, 0.05) is 23.4 Å². The number of benzene rings is 1. The average molecular weight is 232 g/mol. The highest BCUT2D eigenvalue weighted by molar-refractivity contribution is 7.98. The minimum Gasteiger partial charge on any atom is -0.324 e. The zero-order valence-electron chi connectivity index (χ0n) is 9.15. The van der Waals surface area contributed by atoms with Gasteiger partial charge in [-0.05, 0) is 24.5 Å². The van der Waals surface area contributed by atoms with E-state index < -0.39 is 0 Å². The Balaban J connectivity index is 2.63. The predicted octanol–water partition coefficient (Wildman–Crippen LogP) is 2.92. The number of anilines is 1. The number of nitrogens with zero attached hydrogens (tertiary/aromatic N) is 1. The Morgan fingerprint density at radius 1 is 1.44 bits per heavy atom. The van der Waals surface area contributed by atoms with Gasteiger partial charge in [-0.25, -0.2) is 0 Å². The van der Waals surface area contributed by atoms with Gasteiger partial charge in [0.05, 0.1) is 11.2 Å².